The van der Waals surface area contributed by atoms with Crippen molar-refractivity contribution in [3.05, 3.63) is 24.0 Å². The summed E-state index contributed by atoms with van der Waals surface area (Å²) in [5, 5.41) is 0. The first-order chi connectivity index (χ1) is 8.69. The number of hydrogen-bond donors (Lipinski definition) is 1. The van der Waals surface area contributed by atoms with Crippen molar-refractivity contribution in [2.75, 3.05) is 18.0 Å². The van der Waals surface area contributed by atoms with Gasteiger partial charge in [0.05, 0.1) is 28.8 Å². The molecule has 1 aliphatic rings. The Morgan fingerprint density at radius 1 is 1.21 bits per heavy atom. The molecule has 4 heteroatoms. The summed E-state index contributed by atoms with van der Waals surface area (Å²) in [5.41, 5.74) is 7.59. The molecular weight excluding hydrogens is 238 g/mol. The summed E-state index contributed by atoms with van der Waals surface area (Å²) in [7, 11) is 0. The Labute approximate surface area is 116 Å². The summed E-state index contributed by atoms with van der Waals surface area (Å²) in [6.07, 6.45) is 1.91. The number of aromatic nitrogens is 1. The molecule has 0 saturated carbocycles. The lowest BCUT2D eigenvalue weighted by atomic mass is 9.98. The van der Waals surface area contributed by atoms with Gasteiger partial charge < -0.3 is 15.4 Å². The van der Waals surface area contributed by atoms with Gasteiger partial charge in [-0.2, -0.15) is 0 Å². The third-order valence-corrected chi connectivity index (χ3v) is 3.30. The Morgan fingerprint density at radius 3 is 2.21 bits per heavy atom. The zero-order valence-electron chi connectivity index (χ0n) is 12.6. The van der Waals surface area contributed by atoms with Crippen LogP contribution in [0.2, 0.25) is 0 Å². The first-order valence-electron chi connectivity index (χ1n) is 6.85. The molecule has 1 saturated heterocycles. The van der Waals surface area contributed by atoms with Gasteiger partial charge in [-0.3, -0.25) is 4.98 Å². The van der Waals surface area contributed by atoms with Gasteiger partial charge in [-0.1, -0.05) is 0 Å². The quantitative estimate of drug-likeness (QED) is 0.890. The van der Waals surface area contributed by atoms with Gasteiger partial charge in [-0.15, -0.1) is 0 Å². The molecule has 2 rings (SSSR count). The average molecular weight is 263 g/mol. The summed E-state index contributed by atoms with van der Waals surface area (Å²) >= 11 is 0. The molecule has 2 heterocycles. The van der Waals surface area contributed by atoms with Crippen LogP contribution >= 0.6 is 0 Å². The van der Waals surface area contributed by atoms with Crippen molar-refractivity contribution in [2.45, 2.75) is 51.9 Å². The lowest BCUT2D eigenvalue weighted by Crippen LogP contribution is -2.57. The number of anilines is 1. The molecule has 1 atom stereocenters. The van der Waals surface area contributed by atoms with Crippen molar-refractivity contribution in [1.29, 1.82) is 0 Å². The second kappa shape index (κ2) is 4.76. The molecule has 0 radical (unpaired) electrons. The zero-order chi connectivity index (χ0) is 14.3. The first-order valence-corrected chi connectivity index (χ1v) is 6.85. The van der Waals surface area contributed by atoms with Crippen molar-refractivity contribution < 1.29 is 4.74 Å². The van der Waals surface area contributed by atoms with Crippen LogP contribution in [0, 0.1) is 0 Å². The highest BCUT2D eigenvalue weighted by atomic mass is 16.5. The summed E-state index contributed by atoms with van der Waals surface area (Å²) in [4.78, 5) is 6.78. The maximum absolute atomic E-state index is 6.09. The SMILES string of the molecule is C[C@H](N)c1ccc(N2CC(C)(C)OC(C)(C)C2)cn1. The number of nitrogens with zero attached hydrogens (tertiary/aromatic N) is 2. The Hall–Kier alpha value is -1.13. The highest BCUT2D eigenvalue weighted by Crippen LogP contribution is 2.31. The van der Waals surface area contributed by atoms with Crippen LogP contribution in [0.4, 0.5) is 5.69 Å². The summed E-state index contributed by atoms with van der Waals surface area (Å²) < 4.78 is 6.09. The van der Waals surface area contributed by atoms with E-state index in [9.17, 15) is 0 Å². The van der Waals surface area contributed by atoms with Crippen LogP contribution in [0.5, 0.6) is 0 Å². The maximum Gasteiger partial charge on any atom is 0.0808 e. The molecule has 106 valence electrons. The van der Waals surface area contributed by atoms with Gasteiger partial charge in [0.25, 0.3) is 0 Å². The van der Waals surface area contributed by atoms with E-state index in [0.717, 1.165) is 24.5 Å². The third-order valence-electron chi connectivity index (χ3n) is 3.30. The second-order valence-corrected chi connectivity index (χ2v) is 6.71. The second-order valence-electron chi connectivity index (χ2n) is 6.71. The van der Waals surface area contributed by atoms with Crippen LogP contribution in [-0.2, 0) is 4.74 Å². The number of nitrogens with two attached hydrogens (primary N) is 1. The Morgan fingerprint density at radius 2 is 1.79 bits per heavy atom. The fourth-order valence-electron chi connectivity index (χ4n) is 2.82. The Kier molecular flexibility index (Phi) is 3.58. The van der Waals surface area contributed by atoms with Gasteiger partial charge in [0.15, 0.2) is 0 Å². The molecule has 0 unspecified atom stereocenters. The van der Waals surface area contributed by atoms with E-state index in [1.54, 1.807) is 0 Å². The molecule has 0 aromatic carbocycles. The van der Waals surface area contributed by atoms with Gasteiger partial charge in [0.1, 0.15) is 0 Å². The largest absolute Gasteiger partial charge is 0.366 e. The number of rotatable bonds is 2. The van der Waals surface area contributed by atoms with Crippen LogP contribution in [-0.4, -0.2) is 29.3 Å². The number of morpholine rings is 1. The average Bonchev–Trinajstić information content (AvgIpc) is 2.25. The maximum atomic E-state index is 6.09. The molecule has 1 aromatic heterocycles. The highest BCUT2D eigenvalue weighted by molar-refractivity contribution is 5.46. The van der Waals surface area contributed by atoms with E-state index < -0.39 is 0 Å². The van der Waals surface area contributed by atoms with E-state index in [2.05, 4.69) is 43.6 Å². The lowest BCUT2D eigenvalue weighted by molar-refractivity contribution is -0.133. The molecule has 0 amide bonds. The van der Waals surface area contributed by atoms with E-state index in [0.29, 0.717) is 0 Å². The van der Waals surface area contributed by atoms with E-state index in [-0.39, 0.29) is 17.2 Å². The normalized spacial score (nSPS) is 23.2. The van der Waals surface area contributed by atoms with Gasteiger partial charge >= 0.3 is 0 Å². The van der Waals surface area contributed by atoms with Crippen LogP contribution in [0.15, 0.2) is 18.3 Å². The molecule has 0 bridgehead atoms. The van der Waals surface area contributed by atoms with Gasteiger partial charge in [-0.05, 0) is 46.8 Å². The molecule has 19 heavy (non-hydrogen) atoms. The van der Waals surface area contributed by atoms with Crippen molar-refractivity contribution >= 4 is 5.69 Å². The first kappa shape index (κ1) is 14.3. The zero-order valence-corrected chi connectivity index (χ0v) is 12.6. The van der Waals surface area contributed by atoms with E-state index in [1.807, 2.05) is 19.2 Å². The van der Waals surface area contributed by atoms with Crippen LogP contribution in [0.25, 0.3) is 0 Å². The Bertz CT molecular complexity index is 421. The van der Waals surface area contributed by atoms with Gasteiger partial charge in [0.2, 0.25) is 0 Å². The van der Waals surface area contributed by atoms with Gasteiger partial charge in [-0.25, -0.2) is 0 Å². The fraction of sp³-hybridized carbons (Fsp3) is 0.667. The molecule has 0 aliphatic carbocycles. The summed E-state index contributed by atoms with van der Waals surface area (Å²) in [6.45, 7) is 12.2. The molecule has 4 nitrogen and oxygen atoms in total. The number of ether oxygens (including phenoxy) is 1. The van der Waals surface area contributed by atoms with Crippen molar-refractivity contribution in [2.24, 2.45) is 5.73 Å². The van der Waals surface area contributed by atoms with Crippen molar-refractivity contribution in [3.63, 3.8) is 0 Å². The minimum absolute atomic E-state index is 0.0216. The van der Waals surface area contributed by atoms with Crippen LogP contribution in [0.1, 0.15) is 46.4 Å². The number of hydrogen-bond acceptors (Lipinski definition) is 4. The topological polar surface area (TPSA) is 51.4 Å². The highest BCUT2D eigenvalue weighted by Gasteiger charge is 2.38. The van der Waals surface area contributed by atoms with E-state index in [4.69, 9.17) is 10.5 Å². The monoisotopic (exact) mass is 263 g/mol. The van der Waals surface area contributed by atoms with Crippen LogP contribution in [0.3, 0.4) is 0 Å². The predicted molar refractivity (Wildman–Crippen MR) is 78.3 cm³/mol. The minimum atomic E-state index is -0.151. The standard InChI is InChI=1S/C15H25N3O/c1-11(16)13-7-6-12(8-17-13)18-9-14(2,3)19-15(4,5)10-18/h6-8,11H,9-10,16H2,1-5H3/t11-/m0/s1. The molecular formula is C15H25N3O. The summed E-state index contributed by atoms with van der Waals surface area (Å²) in [5.74, 6) is 0. The number of pyridine rings is 1. The minimum Gasteiger partial charge on any atom is -0.366 e. The fourth-order valence-corrected chi connectivity index (χ4v) is 2.82. The van der Waals surface area contributed by atoms with E-state index in [1.165, 1.54) is 0 Å². The lowest BCUT2D eigenvalue weighted by Gasteiger charge is -2.48. The summed E-state index contributed by atoms with van der Waals surface area (Å²) in [6, 6.07) is 4.09. The molecule has 1 fully saturated rings. The van der Waals surface area contributed by atoms with Crippen molar-refractivity contribution in [3.8, 4) is 0 Å². The smallest absolute Gasteiger partial charge is 0.0808 e. The molecule has 1 aliphatic heterocycles. The predicted octanol–water partition coefficient (Wildman–Crippen LogP) is 2.50. The van der Waals surface area contributed by atoms with Gasteiger partial charge in [0, 0.05) is 19.1 Å². The van der Waals surface area contributed by atoms with Crippen LogP contribution < -0.4 is 10.6 Å². The molecule has 2 N–H and O–H groups in total. The molecule has 0 spiro atoms. The van der Waals surface area contributed by atoms with Crippen molar-refractivity contribution in [1.82, 2.24) is 4.98 Å². The third kappa shape index (κ3) is 3.45. The Balaban J connectivity index is 2.21. The molecule has 1 aromatic rings. The van der Waals surface area contributed by atoms with E-state index >= 15 is 0 Å².